The molecule has 7 heteroatoms. The highest BCUT2D eigenvalue weighted by Gasteiger charge is 2.38. The quantitative estimate of drug-likeness (QED) is 0.818. The van der Waals surface area contributed by atoms with Gasteiger partial charge in [-0.25, -0.2) is 8.42 Å². The van der Waals surface area contributed by atoms with Crippen LogP contribution in [0.4, 0.5) is 0 Å². The van der Waals surface area contributed by atoms with Crippen molar-refractivity contribution < 1.29 is 22.7 Å². The number of carbonyl (C=O) groups is 1. The lowest BCUT2D eigenvalue weighted by Crippen LogP contribution is -2.41. The Balaban J connectivity index is 1.74. The molecule has 1 amide bonds. The smallest absolute Gasteiger partial charge is 0.258 e. The van der Waals surface area contributed by atoms with Crippen LogP contribution in [0.2, 0.25) is 0 Å². The minimum atomic E-state index is -3.04. The lowest BCUT2D eigenvalue weighted by atomic mass is 9.98. The van der Waals surface area contributed by atoms with Gasteiger partial charge in [0.15, 0.2) is 9.84 Å². The third-order valence-electron chi connectivity index (χ3n) is 5.12. The Morgan fingerprint density at radius 2 is 2.08 bits per heavy atom. The maximum absolute atomic E-state index is 13.3. The molecule has 0 spiro atoms. The summed E-state index contributed by atoms with van der Waals surface area (Å²) in [5.74, 6) is 1.54. The summed E-state index contributed by atoms with van der Waals surface area (Å²) in [6.07, 6.45) is 1.97. The molecule has 24 heavy (non-hydrogen) atoms. The molecule has 1 atom stereocenters. The number of hydrogen-bond donors (Lipinski definition) is 0. The predicted molar refractivity (Wildman–Crippen MR) is 88.6 cm³/mol. The maximum atomic E-state index is 13.3. The Morgan fingerprint density at radius 1 is 1.29 bits per heavy atom. The molecule has 0 aliphatic carbocycles. The first-order valence-electron chi connectivity index (χ1n) is 8.46. The summed E-state index contributed by atoms with van der Waals surface area (Å²) in [5, 5.41) is 0. The maximum Gasteiger partial charge on any atom is 0.258 e. The first-order valence-corrected chi connectivity index (χ1v) is 10.3. The van der Waals surface area contributed by atoms with Crippen molar-refractivity contribution in [2.75, 3.05) is 31.3 Å². The second-order valence-corrected chi connectivity index (χ2v) is 8.79. The van der Waals surface area contributed by atoms with Gasteiger partial charge in [-0.3, -0.25) is 4.79 Å². The molecule has 1 aromatic carbocycles. The summed E-state index contributed by atoms with van der Waals surface area (Å²) in [7, 11) is -3.04. The zero-order valence-corrected chi connectivity index (χ0v) is 14.5. The second kappa shape index (κ2) is 5.65. The average molecular weight is 351 g/mol. The van der Waals surface area contributed by atoms with Crippen molar-refractivity contribution in [3.63, 3.8) is 0 Å². The van der Waals surface area contributed by atoms with E-state index in [-0.39, 0.29) is 23.5 Å². The predicted octanol–water partition coefficient (Wildman–Crippen LogP) is 1.21. The third-order valence-corrected chi connectivity index (χ3v) is 6.87. The SMILES string of the molecule is CCN(C(=O)c1c2c(cc3c1OCC3)OCC2)C1CCS(=O)(=O)C1. The van der Waals surface area contributed by atoms with Gasteiger partial charge >= 0.3 is 0 Å². The van der Waals surface area contributed by atoms with Gasteiger partial charge in [-0.05, 0) is 19.4 Å². The minimum absolute atomic E-state index is 0.0567. The van der Waals surface area contributed by atoms with Gasteiger partial charge in [0, 0.05) is 36.6 Å². The Hall–Kier alpha value is -1.76. The zero-order valence-electron chi connectivity index (χ0n) is 13.7. The largest absolute Gasteiger partial charge is 0.493 e. The molecular weight excluding hydrogens is 330 g/mol. The van der Waals surface area contributed by atoms with Crippen LogP contribution in [-0.4, -0.2) is 56.5 Å². The van der Waals surface area contributed by atoms with Crippen molar-refractivity contribution >= 4 is 15.7 Å². The molecule has 1 saturated heterocycles. The highest BCUT2D eigenvalue weighted by Crippen LogP contribution is 2.41. The number of nitrogens with zero attached hydrogens (tertiary/aromatic N) is 1. The average Bonchev–Trinajstić information content (AvgIpc) is 3.24. The number of fused-ring (bicyclic) bond motifs is 2. The Bertz CT molecular complexity index is 769. The van der Waals surface area contributed by atoms with Crippen LogP contribution >= 0.6 is 0 Å². The fourth-order valence-electron chi connectivity index (χ4n) is 3.94. The van der Waals surface area contributed by atoms with E-state index >= 15 is 0 Å². The molecule has 3 heterocycles. The lowest BCUT2D eigenvalue weighted by Gasteiger charge is -2.28. The molecule has 1 aromatic rings. The van der Waals surface area contributed by atoms with Gasteiger partial charge in [-0.15, -0.1) is 0 Å². The van der Waals surface area contributed by atoms with Crippen molar-refractivity contribution in [2.45, 2.75) is 32.2 Å². The molecule has 3 aliphatic rings. The van der Waals surface area contributed by atoms with Crippen LogP contribution in [0.15, 0.2) is 6.07 Å². The number of benzene rings is 1. The third kappa shape index (κ3) is 2.46. The fourth-order valence-corrected chi connectivity index (χ4v) is 5.67. The van der Waals surface area contributed by atoms with Crippen LogP contribution in [0.1, 0.15) is 34.8 Å². The molecule has 1 fully saturated rings. The zero-order chi connectivity index (χ0) is 16.9. The van der Waals surface area contributed by atoms with E-state index in [9.17, 15) is 13.2 Å². The van der Waals surface area contributed by atoms with Crippen LogP contribution in [-0.2, 0) is 22.7 Å². The van der Waals surface area contributed by atoms with Gasteiger partial charge in [0.25, 0.3) is 5.91 Å². The number of sulfone groups is 1. The van der Waals surface area contributed by atoms with Crippen LogP contribution in [0.25, 0.3) is 0 Å². The molecule has 1 unspecified atom stereocenters. The number of hydrogen-bond acceptors (Lipinski definition) is 5. The second-order valence-electron chi connectivity index (χ2n) is 6.56. The van der Waals surface area contributed by atoms with E-state index < -0.39 is 9.84 Å². The minimum Gasteiger partial charge on any atom is -0.493 e. The van der Waals surface area contributed by atoms with Crippen LogP contribution in [0.3, 0.4) is 0 Å². The van der Waals surface area contributed by atoms with Gasteiger partial charge in [-0.1, -0.05) is 0 Å². The van der Waals surface area contributed by atoms with E-state index in [1.807, 2.05) is 13.0 Å². The molecular formula is C17H21NO5S. The topological polar surface area (TPSA) is 72.9 Å². The molecule has 6 nitrogen and oxygen atoms in total. The Morgan fingerprint density at radius 3 is 2.79 bits per heavy atom. The van der Waals surface area contributed by atoms with Crippen molar-refractivity contribution in [3.8, 4) is 11.5 Å². The molecule has 4 rings (SSSR count). The summed E-state index contributed by atoms with van der Waals surface area (Å²) in [6.45, 7) is 3.52. The summed E-state index contributed by atoms with van der Waals surface area (Å²) in [6, 6.07) is 1.74. The molecule has 0 N–H and O–H groups in total. The van der Waals surface area contributed by atoms with Gasteiger partial charge < -0.3 is 14.4 Å². The number of rotatable bonds is 3. The standard InChI is InChI=1S/C17H21NO5S/c1-2-18(12-5-8-24(20,21)10-12)17(19)15-13-4-7-22-14(13)9-11-3-6-23-16(11)15/h9,12H,2-8,10H2,1H3. The normalized spacial score (nSPS) is 23.3. The number of carbonyl (C=O) groups excluding carboxylic acids is 1. The first kappa shape index (κ1) is 15.7. The molecule has 0 radical (unpaired) electrons. The van der Waals surface area contributed by atoms with Crippen molar-refractivity contribution in [2.24, 2.45) is 0 Å². The van der Waals surface area contributed by atoms with E-state index in [1.54, 1.807) is 4.90 Å². The van der Waals surface area contributed by atoms with Crippen molar-refractivity contribution in [1.29, 1.82) is 0 Å². The van der Waals surface area contributed by atoms with Crippen LogP contribution in [0.5, 0.6) is 11.5 Å². The summed E-state index contributed by atoms with van der Waals surface area (Å²) in [5.41, 5.74) is 2.50. The number of amides is 1. The van der Waals surface area contributed by atoms with E-state index in [0.717, 1.165) is 23.3 Å². The van der Waals surface area contributed by atoms with Gasteiger partial charge in [0.2, 0.25) is 0 Å². The van der Waals surface area contributed by atoms with Gasteiger partial charge in [0.1, 0.15) is 11.5 Å². The van der Waals surface area contributed by atoms with Gasteiger partial charge in [-0.2, -0.15) is 0 Å². The Labute approximate surface area is 141 Å². The van der Waals surface area contributed by atoms with Crippen molar-refractivity contribution in [3.05, 3.63) is 22.8 Å². The molecule has 0 bridgehead atoms. The van der Waals surface area contributed by atoms with E-state index in [4.69, 9.17) is 9.47 Å². The summed E-state index contributed by atoms with van der Waals surface area (Å²) < 4.78 is 35.0. The van der Waals surface area contributed by atoms with Crippen molar-refractivity contribution in [1.82, 2.24) is 4.90 Å². The number of ether oxygens (including phenoxy) is 2. The molecule has 0 aromatic heterocycles. The summed E-state index contributed by atoms with van der Waals surface area (Å²) in [4.78, 5) is 15.0. The monoisotopic (exact) mass is 351 g/mol. The fraction of sp³-hybridized carbons (Fsp3) is 0.588. The lowest BCUT2D eigenvalue weighted by molar-refractivity contribution is 0.0704. The Kier molecular flexibility index (Phi) is 3.71. The molecule has 130 valence electrons. The first-order chi connectivity index (χ1) is 11.5. The van der Waals surface area contributed by atoms with E-state index in [2.05, 4.69) is 0 Å². The summed E-state index contributed by atoms with van der Waals surface area (Å²) >= 11 is 0. The highest BCUT2D eigenvalue weighted by molar-refractivity contribution is 7.91. The van der Waals surface area contributed by atoms with Crippen LogP contribution < -0.4 is 9.47 Å². The van der Waals surface area contributed by atoms with Crippen LogP contribution in [0, 0.1) is 0 Å². The highest BCUT2D eigenvalue weighted by atomic mass is 32.2. The van der Waals surface area contributed by atoms with E-state index in [0.29, 0.717) is 43.9 Å². The molecule has 0 saturated carbocycles. The molecule has 3 aliphatic heterocycles. The van der Waals surface area contributed by atoms with Gasteiger partial charge in [0.05, 0.1) is 30.3 Å². The van der Waals surface area contributed by atoms with E-state index in [1.165, 1.54) is 0 Å².